The fourth-order valence-electron chi connectivity index (χ4n) is 3.06. The van der Waals surface area contributed by atoms with Crippen molar-refractivity contribution in [3.05, 3.63) is 35.9 Å². The minimum atomic E-state index is 0.696. The van der Waals surface area contributed by atoms with Crippen LogP contribution in [0.15, 0.2) is 30.3 Å². The van der Waals surface area contributed by atoms with Crippen LogP contribution < -0.4 is 5.32 Å². The summed E-state index contributed by atoms with van der Waals surface area (Å²) in [5.74, 6) is 0. The molecular weight excluding hydrogens is 232 g/mol. The highest BCUT2D eigenvalue weighted by atomic mass is 15.2. The van der Waals surface area contributed by atoms with Gasteiger partial charge in [0.1, 0.15) is 0 Å². The van der Waals surface area contributed by atoms with Gasteiger partial charge in [-0.15, -0.1) is 0 Å². The van der Waals surface area contributed by atoms with E-state index in [9.17, 15) is 0 Å². The van der Waals surface area contributed by atoms with E-state index >= 15 is 0 Å². The first-order valence-corrected chi connectivity index (χ1v) is 7.81. The summed E-state index contributed by atoms with van der Waals surface area (Å²) in [4.78, 5) is 2.67. The molecule has 106 valence electrons. The van der Waals surface area contributed by atoms with Crippen LogP contribution in [0.4, 0.5) is 0 Å². The fraction of sp³-hybridized carbons (Fsp3) is 0.647. The molecule has 1 aliphatic rings. The van der Waals surface area contributed by atoms with Crippen molar-refractivity contribution in [2.45, 2.75) is 51.6 Å². The molecule has 2 atom stereocenters. The minimum Gasteiger partial charge on any atom is -0.313 e. The van der Waals surface area contributed by atoms with E-state index < -0.39 is 0 Å². The van der Waals surface area contributed by atoms with Crippen molar-refractivity contribution in [3.63, 3.8) is 0 Å². The number of rotatable bonds is 6. The fourth-order valence-corrected chi connectivity index (χ4v) is 3.06. The second-order valence-electron chi connectivity index (χ2n) is 5.77. The molecule has 0 aromatic heterocycles. The maximum absolute atomic E-state index is 3.60. The molecule has 1 aliphatic heterocycles. The van der Waals surface area contributed by atoms with Crippen LogP contribution in [-0.4, -0.2) is 36.6 Å². The summed E-state index contributed by atoms with van der Waals surface area (Å²) >= 11 is 0. The number of hydrogen-bond acceptors (Lipinski definition) is 2. The number of piperidine rings is 1. The van der Waals surface area contributed by atoms with E-state index in [1.165, 1.54) is 44.3 Å². The molecule has 1 N–H and O–H groups in total. The van der Waals surface area contributed by atoms with Gasteiger partial charge in [0.15, 0.2) is 0 Å². The highest BCUT2D eigenvalue weighted by Gasteiger charge is 2.22. The monoisotopic (exact) mass is 260 g/mol. The molecular formula is C17H28N2. The molecule has 2 nitrogen and oxygen atoms in total. The number of likely N-dealkylation sites (N-methyl/N-ethyl adjacent to an activating group) is 1. The topological polar surface area (TPSA) is 15.3 Å². The highest BCUT2D eigenvalue weighted by Crippen LogP contribution is 2.16. The molecule has 2 unspecified atom stereocenters. The average Bonchev–Trinajstić information content (AvgIpc) is 2.46. The van der Waals surface area contributed by atoms with Gasteiger partial charge in [-0.1, -0.05) is 37.3 Å². The molecule has 1 aromatic rings. The van der Waals surface area contributed by atoms with Crippen molar-refractivity contribution in [1.82, 2.24) is 10.2 Å². The zero-order valence-corrected chi connectivity index (χ0v) is 12.4. The van der Waals surface area contributed by atoms with Crippen molar-refractivity contribution in [1.29, 1.82) is 0 Å². The largest absolute Gasteiger partial charge is 0.313 e. The molecule has 0 aliphatic carbocycles. The van der Waals surface area contributed by atoms with Crippen LogP contribution in [-0.2, 0) is 6.42 Å². The zero-order chi connectivity index (χ0) is 13.5. The molecule has 2 heteroatoms. The molecule has 19 heavy (non-hydrogen) atoms. The van der Waals surface area contributed by atoms with Crippen molar-refractivity contribution in [3.8, 4) is 0 Å². The number of hydrogen-bond donors (Lipinski definition) is 1. The smallest absolute Gasteiger partial charge is 0.0195 e. The van der Waals surface area contributed by atoms with Gasteiger partial charge in [0.2, 0.25) is 0 Å². The molecule has 1 heterocycles. The number of benzene rings is 1. The van der Waals surface area contributed by atoms with Crippen LogP contribution in [0, 0.1) is 0 Å². The third kappa shape index (κ3) is 4.63. The van der Waals surface area contributed by atoms with Crippen molar-refractivity contribution in [2.24, 2.45) is 0 Å². The van der Waals surface area contributed by atoms with Gasteiger partial charge in [-0.2, -0.15) is 0 Å². The number of likely N-dealkylation sites (tertiary alicyclic amines) is 1. The first kappa shape index (κ1) is 14.5. The summed E-state index contributed by atoms with van der Waals surface area (Å²) in [5, 5.41) is 3.60. The van der Waals surface area contributed by atoms with Gasteiger partial charge in [-0.25, -0.2) is 0 Å². The Labute approximate surface area is 118 Å². The quantitative estimate of drug-likeness (QED) is 0.845. The summed E-state index contributed by atoms with van der Waals surface area (Å²) < 4.78 is 0. The predicted molar refractivity (Wildman–Crippen MR) is 82.5 cm³/mol. The Kier molecular flexibility index (Phi) is 5.87. The van der Waals surface area contributed by atoms with Gasteiger partial charge in [-0.05, 0) is 51.3 Å². The lowest BCUT2D eigenvalue weighted by Crippen LogP contribution is -2.48. The Balaban J connectivity index is 1.77. The number of nitrogens with one attached hydrogen (secondary N) is 1. The van der Waals surface area contributed by atoms with E-state index in [0.29, 0.717) is 12.1 Å². The number of nitrogens with zero attached hydrogens (tertiary/aromatic N) is 1. The van der Waals surface area contributed by atoms with Crippen LogP contribution in [0.2, 0.25) is 0 Å². The van der Waals surface area contributed by atoms with E-state index in [0.717, 1.165) is 6.54 Å². The van der Waals surface area contributed by atoms with Gasteiger partial charge in [0.25, 0.3) is 0 Å². The molecule has 1 aromatic carbocycles. The van der Waals surface area contributed by atoms with E-state index in [-0.39, 0.29) is 0 Å². The van der Waals surface area contributed by atoms with Gasteiger partial charge in [0.05, 0.1) is 0 Å². The first-order chi connectivity index (χ1) is 9.29. The summed E-state index contributed by atoms with van der Waals surface area (Å²) in [7, 11) is 0. The lowest BCUT2D eigenvalue weighted by atomic mass is 10.0. The normalized spacial score (nSPS) is 22.3. The van der Waals surface area contributed by atoms with Crippen molar-refractivity contribution < 1.29 is 0 Å². The van der Waals surface area contributed by atoms with Crippen LogP contribution in [0.3, 0.4) is 0 Å². The van der Waals surface area contributed by atoms with E-state index in [1.54, 1.807) is 0 Å². The lowest BCUT2D eigenvalue weighted by Gasteiger charge is -2.37. The Morgan fingerprint density at radius 2 is 2.11 bits per heavy atom. The van der Waals surface area contributed by atoms with Crippen LogP contribution >= 0.6 is 0 Å². The third-order valence-electron chi connectivity index (χ3n) is 4.26. The summed E-state index contributed by atoms with van der Waals surface area (Å²) in [5.41, 5.74) is 1.47. The Bertz CT molecular complexity index is 348. The second kappa shape index (κ2) is 7.66. The highest BCUT2D eigenvalue weighted by molar-refractivity contribution is 5.14. The van der Waals surface area contributed by atoms with E-state index in [1.807, 2.05) is 0 Å². The predicted octanol–water partition coefficient (Wildman–Crippen LogP) is 3.08. The molecule has 0 spiro atoms. The SMILES string of the molecule is CCNC1CCCN(C(C)CCc2ccccc2)C1. The zero-order valence-electron chi connectivity index (χ0n) is 12.4. The van der Waals surface area contributed by atoms with Crippen LogP contribution in [0.1, 0.15) is 38.7 Å². The summed E-state index contributed by atoms with van der Waals surface area (Å²) in [6, 6.07) is 12.3. The summed E-state index contributed by atoms with van der Waals surface area (Å²) in [6.45, 7) is 8.19. The lowest BCUT2D eigenvalue weighted by molar-refractivity contribution is 0.140. The Hall–Kier alpha value is -0.860. The van der Waals surface area contributed by atoms with Crippen molar-refractivity contribution >= 4 is 0 Å². The van der Waals surface area contributed by atoms with E-state index in [4.69, 9.17) is 0 Å². The summed E-state index contributed by atoms with van der Waals surface area (Å²) in [6.07, 6.45) is 5.15. The maximum atomic E-state index is 3.60. The van der Waals surface area contributed by atoms with Gasteiger partial charge < -0.3 is 5.32 Å². The van der Waals surface area contributed by atoms with Gasteiger partial charge in [0, 0.05) is 18.6 Å². The molecule has 1 fully saturated rings. The van der Waals surface area contributed by atoms with Crippen LogP contribution in [0.25, 0.3) is 0 Å². The van der Waals surface area contributed by atoms with Gasteiger partial charge in [-0.3, -0.25) is 4.90 Å². The second-order valence-corrected chi connectivity index (χ2v) is 5.77. The average molecular weight is 260 g/mol. The minimum absolute atomic E-state index is 0.696. The number of aryl methyl sites for hydroxylation is 1. The maximum Gasteiger partial charge on any atom is 0.0195 e. The Morgan fingerprint density at radius 3 is 2.84 bits per heavy atom. The first-order valence-electron chi connectivity index (χ1n) is 7.81. The molecule has 0 radical (unpaired) electrons. The van der Waals surface area contributed by atoms with E-state index in [2.05, 4.69) is 54.4 Å². The Morgan fingerprint density at radius 1 is 1.32 bits per heavy atom. The van der Waals surface area contributed by atoms with Crippen LogP contribution in [0.5, 0.6) is 0 Å². The third-order valence-corrected chi connectivity index (χ3v) is 4.26. The molecule has 0 saturated carbocycles. The molecule has 2 rings (SSSR count). The van der Waals surface area contributed by atoms with Crippen molar-refractivity contribution in [2.75, 3.05) is 19.6 Å². The van der Waals surface area contributed by atoms with Gasteiger partial charge >= 0.3 is 0 Å². The molecule has 0 amide bonds. The molecule has 0 bridgehead atoms. The standard InChI is InChI=1S/C17H28N2/c1-3-18-17-10-7-13-19(14-17)15(2)11-12-16-8-5-4-6-9-16/h4-6,8-9,15,17-18H,3,7,10-14H2,1-2H3. The molecule has 1 saturated heterocycles.